The molecule has 1 aromatic heterocycles. The van der Waals surface area contributed by atoms with Gasteiger partial charge in [0.05, 0.1) is 7.11 Å². The molecule has 0 unspecified atom stereocenters. The monoisotopic (exact) mass is 330 g/mol. The van der Waals surface area contributed by atoms with Crippen LogP contribution in [0.25, 0.3) is 22.3 Å². The van der Waals surface area contributed by atoms with Gasteiger partial charge in [-0.3, -0.25) is 4.79 Å². The molecule has 0 aliphatic rings. The minimum absolute atomic E-state index is 0.0622. The van der Waals surface area contributed by atoms with E-state index in [9.17, 15) is 25.2 Å². The zero-order valence-electron chi connectivity index (χ0n) is 12.8. The summed E-state index contributed by atoms with van der Waals surface area (Å²) in [6.45, 7) is 1.41. The molecule has 1 heterocycles. The van der Waals surface area contributed by atoms with Gasteiger partial charge in [-0.05, 0) is 31.2 Å². The van der Waals surface area contributed by atoms with Crippen molar-refractivity contribution < 1.29 is 29.6 Å². The van der Waals surface area contributed by atoms with E-state index >= 15 is 0 Å². The Hall–Kier alpha value is -3.35. The van der Waals surface area contributed by atoms with Crippen molar-refractivity contribution in [1.29, 1.82) is 0 Å². The lowest BCUT2D eigenvalue weighted by atomic mass is 10.1. The SMILES string of the molecule is COc1ccc(-c2oc3c(C)c(O)c(O)c(O)c3c(=O)c2O)cc1. The van der Waals surface area contributed by atoms with Gasteiger partial charge in [0.1, 0.15) is 16.7 Å². The molecule has 0 amide bonds. The maximum atomic E-state index is 12.4. The first-order chi connectivity index (χ1) is 11.4. The molecule has 0 radical (unpaired) electrons. The average molecular weight is 330 g/mol. The zero-order chi connectivity index (χ0) is 17.6. The van der Waals surface area contributed by atoms with E-state index in [2.05, 4.69) is 0 Å². The van der Waals surface area contributed by atoms with Crippen LogP contribution in [0, 0.1) is 6.92 Å². The van der Waals surface area contributed by atoms with Gasteiger partial charge < -0.3 is 29.6 Å². The van der Waals surface area contributed by atoms with Crippen LogP contribution in [0.1, 0.15) is 5.56 Å². The molecule has 0 saturated carbocycles. The number of rotatable bonds is 2. The summed E-state index contributed by atoms with van der Waals surface area (Å²) in [5.74, 6) is -2.55. The molecule has 3 aromatic rings. The first kappa shape index (κ1) is 15.5. The molecule has 124 valence electrons. The molecule has 2 aromatic carbocycles. The summed E-state index contributed by atoms with van der Waals surface area (Å²) in [7, 11) is 1.50. The fourth-order valence-corrected chi connectivity index (χ4v) is 2.46. The van der Waals surface area contributed by atoms with Gasteiger partial charge in [0, 0.05) is 11.1 Å². The number of hydrogen-bond donors (Lipinski definition) is 4. The minimum atomic E-state index is -0.919. The lowest BCUT2D eigenvalue weighted by Gasteiger charge is -2.11. The highest BCUT2D eigenvalue weighted by atomic mass is 16.5. The minimum Gasteiger partial charge on any atom is -0.504 e. The van der Waals surface area contributed by atoms with E-state index in [0.717, 1.165) is 0 Å². The molecule has 24 heavy (non-hydrogen) atoms. The number of methoxy groups -OCH3 is 1. The van der Waals surface area contributed by atoms with Crippen LogP contribution >= 0.6 is 0 Å². The van der Waals surface area contributed by atoms with E-state index in [1.165, 1.54) is 14.0 Å². The standard InChI is InChI=1S/C17H14O7/c1-7-11(18)14(21)12(19)10-13(20)15(22)17(24-16(7)10)8-3-5-9(23-2)6-4-8/h3-6,18-19,21-22H,1-2H3. The van der Waals surface area contributed by atoms with Crippen molar-refractivity contribution in [3.63, 3.8) is 0 Å². The van der Waals surface area contributed by atoms with Crippen molar-refractivity contribution in [2.45, 2.75) is 6.92 Å². The van der Waals surface area contributed by atoms with Crippen molar-refractivity contribution in [3.8, 4) is 40.1 Å². The summed E-state index contributed by atoms with van der Waals surface area (Å²) in [6, 6.07) is 6.41. The molecule has 0 aliphatic heterocycles. The number of ether oxygens (including phenoxy) is 1. The van der Waals surface area contributed by atoms with E-state index in [0.29, 0.717) is 11.3 Å². The van der Waals surface area contributed by atoms with Gasteiger partial charge >= 0.3 is 0 Å². The molecular formula is C17H14O7. The number of phenols is 3. The Balaban J connectivity index is 2.39. The summed E-state index contributed by atoms with van der Waals surface area (Å²) in [4.78, 5) is 12.4. The fourth-order valence-electron chi connectivity index (χ4n) is 2.46. The Kier molecular flexibility index (Phi) is 3.48. The van der Waals surface area contributed by atoms with Gasteiger partial charge in [-0.25, -0.2) is 0 Å². The Morgan fingerprint density at radius 1 is 0.917 bits per heavy atom. The quantitative estimate of drug-likeness (QED) is 0.533. The highest BCUT2D eigenvalue weighted by molar-refractivity contribution is 5.93. The van der Waals surface area contributed by atoms with Crippen LogP contribution in [0.3, 0.4) is 0 Å². The van der Waals surface area contributed by atoms with Crippen LogP contribution in [0.5, 0.6) is 28.7 Å². The van der Waals surface area contributed by atoms with Gasteiger partial charge in [0.2, 0.25) is 16.9 Å². The molecule has 7 nitrogen and oxygen atoms in total. The fraction of sp³-hybridized carbons (Fsp3) is 0.118. The highest BCUT2D eigenvalue weighted by Gasteiger charge is 2.24. The molecule has 3 rings (SSSR count). The second kappa shape index (κ2) is 5.38. The number of aromatic hydroxyl groups is 4. The van der Waals surface area contributed by atoms with Crippen molar-refractivity contribution in [3.05, 3.63) is 40.1 Å². The summed E-state index contributed by atoms with van der Waals surface area (Å²) in [5, 5.41) is 39.1. The third kappa shape index (κ3) is 2.10. The van der Waals surface area contributed by atoms with Crippen LogP contribution < -0.4 is 10.2 Å². The summed E-state index contributed by atoms with van der Waals surface area (Å²) in [5.41, 5.74) is -0.583. The zero-order valence-corrected chi connectivity index (χ0v) is 12.8. The molecule has 4 N–H and O–H groups in total. The summed E-state index contributed by atoms with van der Waals surface area (Å²) in [6.07, 6.45) is 0. The van der Waals surface area contributed by atoms with Crippen molar-refractivity contribution >= 4 is 11.0 Å². The van der Waals surface area contributed by atoms with Crippen molar-refractivity contribution in [1.82, 2.24) is 0 Å². The summed E-state index contributed by atoms with van der Waals surface area (Å²) < 4.78 is 10.6. The largest absolute Gasteiger partial charge is 0.504 e. The molecule has 0 aliphatic carbocycles. The first-order valence-corrected chi connectivity index (χ1v) is 6.94. The maximum absolute atomic E-state index is 12.4. The molecule has 0 atom stereocenters. The lowest BCUT2D eigenvalue weighted by molar-refractivity contribution is 0.367. The van der Waals surface area contributed by atoms with Gasteiger partial charge in [-0.1, -0.05) is 0 Å². The number of aryl methyl sites for hydroxylation is 1. The van der Waals surface area contributed by atoms with Crippen LogP contribution in [-0.2, 0) is 0 Å². The van der Waals surface area contributed by atoms with E-state index < -0.39 is 33.8 Å². The third-order valence-electron chi connectivity index (χ3n) is 3.82. The van der Waals surface area contributed by atoms with Crippen molar-refractivity contribution in [2.75, 3.05) is 7.11 Å². The topological polar surface area (TPSA) is 120 Å². The molecule has 0 fully saturated rings. The first-order valence-electron chi connectivity index (χ1n) is 6.94. The molecule has 0 bridgehead atoms. The second-order valence-corrected chi connectivity index (χ2v) is 5.21. The van der Waals surface area contributed by atoms with Gasteiger partial charge in [-0.2, -0.15) is 0 Å². The highest BCUT2D eigenvalue weighted by Crippen LogP contribution is 2.45. The van der Waals surface area contributed by atoms with Gasteiger partial charge in [0.15, 0.2) is 17.3 Å². The second-order valence-electron chi connectivity index (χ2n) is 5.21. The van der Waals surface area contributed by atoms with Crippen LogP contribution in [0.15, 0.2) is 33.5 Å². The Morgan fingerprint density at radius 2 is 1.54 bits per heavy atom. The number of benzene rings is 2. The smallest absolute Gasteiger partial charge is 0.238 e. The molecular weight excluding hydrogens is 316 g/mol. The Bertz CT molecular complexity index is 1000. The number of fused-ring (bicyclic) bond motifs is 1. The Morgan fingerprint density at radius 3 is 2.12 bits per heavy atom. The van der Waals surface area contributed by atoms with Crippen LogP contribution in [0.2, 0.25) is 0 Å². The van der Waals surface area contributed by atoms with Crippen LogP contribution in [-0.4, -0.2) is 27.5 Å². The lowest BCUT2D eigenvalue weighted by Crippen LogP contribution is -2.04. The van der Waals surface area contributed by atoms with E-state index in [1.54, 1.807) is 24.3 Å². The number of hydrogen-bond acceptors (Lipinski definition) is 7. The van der Waals surface area contributed by atoms with E-state index in [4.69, 9.17) is 9.15 Å². The van der Waals surface area contributed by atoms with Gasteiger partial charge in [0.25, 0.3) is 0 Å². The predicted molar refractivity (Wildman–Crippen MR) is 85.9 cm³/mol. The van der Waals surface area contributed by atoms with E-state index in [1.807, 2.05) is 0 Å². The van der Waals surface area contributed by atoms with Crippen LogP contribution in [0.4, 0.5) is 0 Å². The third-order valence-corrected chi connectivity index (χ3v) is 3.82. The average Bonchev–Trinajstić information content (AvgIpc) is 2.60. The predicted octanol–water partition coefficient (Wildman–Crippen LogP) is 2.60. The normalized spacial score (nSPS) is 10.9. The summed E-state index contributed by atoms with van der Waals surface area (Å²) >= 11 is 0. The van der Waals surface area contributed by atoms with Crippen molar-refractivity contribution in [2.24, 2.45) is 0 Å². The number of phenolic OH excluding ortho intramolecular Hbond substituents is 3. The Labute approximate surface area is 135 Å². The molecule has 0 spiro atoms. The van der Waals surface area contributed by atoms with E-state index in [-0.39, 0.29) is 16.9 Å². The molecule has 0 saturated heterocycles. The maximum Gasteiger partial charge on any atom is 0.238 e. The van der Waals surface area contributed by atoms with Gasteiger partial charge in [-0.15, -0.1) is 0 Å². The molecule has 7 heteroatoms.